The smallest absolute Gasteiger partial charge is 0.307 e. The van der Waals surface area contributed by atoms with E-state index in [1.807, 2.05) is 30.3 Å². The fourth-order valence-corrected chi connectivity index (χ4v) is 2.33. The number of pyridine rings is 1. The van der Waals surface area contributed by atoms with Crippen molar-refractivity contribution < 1.29 is 14.3 Å². The van der Waals surface area contributed by atoms with E-state index in [4.69, 9.17) is 4.74 Å². The molecule has 1 amide bonds. The van der Waals surface area contributed by atoms with Gasteiger partial charge in [-0.1, -0.05) is 30.3 Å². The number of benzene rings is 1. The minimum Gasteiger partial charge on any atom is -0.469 e. The third kappa shape index (κ3) is 4.39. The van der Waals surface area contributed by atoms with Gasteiger partial charge in [0.25, 0.3) is 5.91 Å². The number of hydrogen-bond donors (Lipinski definition) is 1. The summed E-state index contributed by atoms with van der Waals surface area (Å²) < 4.78 is 5.41. The Morgan fingerprint density at radius 1 is 1.27 bits per heavy atom. The van der Waals surface area contributed by atoms with Crippen molar-refractivity contribution in [3.05, 3.63) is 64.4 Å². The second-order valence-electron chi connectivity index (χ2n) is 4.61. The highest BCUT2D eigenvalue weighted by atomic mass is 79.9. The summed E-state index contributed by atoms with van der Waals surface area (Å²) in [4.78, 5) is 27.9. The van der Waals surface area contributed by atoms with E-state index in [2.05, 4.69) is 26.2 Å². The molecule has 1 N–H and O–H groups in total. The Morgan fingerprint density at radius 2 is 2.00 bits per heavy atom. The summed E-state index contributed by atoms with van der Waals surface area (Å²) in [5.41, 5.74) is 1.25. The molecule has 0 spiro atoms. The molecule has 6 heteroatoms. The summed E-state index contributed by atoms with van der Waals surface area (Å²) in [6.07, 6.45) is 3.13. The quantitative estimate of drug-likeness (QED) is 0.830. The average molecular weight is 363 g/mol. The number of carbonyl (C=O) groups excluding carboxylic acids is 2. The molecule has 1 atom stereocenters. The monoisotopic (exact) mass is 362 g/mol. The Labute approximate surface area is 136 Å². The third-order valence-corrected chi connectivity index (χ3v) is 3.51. The van der Waals surface area contributed by atoms with Crippen LogP contribution in [0.5, 0.6) is 0 Å². The lowest BCUT2D eigenvalue weighted by Crippen LogP contribution is -2.30. The van der Waals surface area contributed by atoms with Crippen molar-refractivity contribution in [2.75, 3.05) is 7.11 Å². The summed E-state index contributed by atoms with van der Waals surface area (Å²) in [5.74, 6) is -0.687. The first-order valence-corrected chi connectivity index (χ1v) is 7.42. The normalized spacial score (nSPS) is 11.5. The number of rotatable bonds is 5. The summed E-state index contributed by atoms with van der Waals surface area (Å²) in [6.45, 7) is 0. The Balaban J connectivity index is 2.19. The van der Waals surface area contributed by atoms with Crippen molar-refractivity contribution in [1.29, 1.82) is 0 Å². The van der Waals surface area contributed by atoms with Gasteiger partial charge in [-0.2, -0.15) is 0 Å². The van der Waals surface area contributed by atoms with Gasteiger partial charge in [0.1, 0.15) is 0 Å². The molecule has 0 aliphatic carbocycles. The maximum absolute atomic E-state index is 12.3. The molecule has 0 saturated carbocycles. The molecular formula is C16H15BrN2O3. The van der Waals surface area contributed by atoms with Gasteiger partial charge in [0.15, 0.2) is 0 Å². The SMILES string of the molecule is COC(=O)CC(NC(=O)c1cncc(Br)c1)c1ccccc1. The molecule has 2 aromatic rings. The molecule has 1 heterocycles. The highest BCUT2D eigenvalue weighted by Gasteiger charge is 2.19. The highest BCUT2D eigenvalue weighted by Crippen LogP contribution is 2.18. The predicted molar refractivity (Wildman–Crippen MR) is 85.2 cm³/mol. The molecule has 0 fully saturated rings. The van der Waals surface area contributed by atoms with Gasteiger partial charge in [-0.3, -0.25) is 14.6 Å². The van der Waals surface area contributed by atoms with Crippen LogP contribution in [0.15, 0.2) is 53.3 Å². The third-order valence-electron chi connectivity index (χ3n) is 3.07. The van der Waals surface area contributed by atoms with Gasteiger partial charge in [-0.15, -0.1) is 0 Å². The zero-order valence-corrected chi connectivity index (χ0v) is 13.5. The molecule has 0 bridgehead atoms. The largest absolute Gasteiger partial charge is 0.469 e. The van der Waals surface area contributed by atoms with Crippen LogP contribution in [0.2, 0.25) is 0 Å². The summed E-state index contributed by atoms with van der Waals surface area (Å²) in [7, 11) is 1.32. The van der Waals surface area contributed by atoms with Crippen LogP contribution in [-0.2, 0) is 9.53 Å². The number of aromatic nitrogens is 1. The number of nitrogens with one attached hydrogen (secondary N) is 1. The summed E-state index contributed by atoms with van der Waals surface area (Å²) in [5, 5.41) is 2.84. The number of esters is 1. The fourth-order valence-electron chi connectivity index (χ4n) is 1.97. The maximum atomic E-state index is 12.3. The number of methoxy groups -OCH3 is 1. The number of carbonyl (C=O) groups is 2. The second-order valence-corrected chi connectivity index (χ2v) is 5.52. The van der Waals surface area contributed by atoms with Crippen LogP contribution in [0.3, 0.4) is 0 Å². The van der Waals surface area contributed by atoms with Crippen LogP contribution in [-0.4, -0.2) is 24.0 Å². The lowest BCUT2D eigenvalue weighted by atomic mass is 10.0. The van der Waals surface area contributed by atoms with Gasteiger partial charge >= 0.3 is 5.97 Å². The molecule has 1 unspecified atom stereocenters. The first-order valence-electron chi connectivity index (χ1n) is 6.63. The Morgan fingerprint density at radius 3 is 2.64 bits per heavy atom. The van der Waals surface area contributed by atoms with Crippen LogP contribution in [0.25, 0.3) is 0 Å². The number of ether oxygens (including phenoxy) is 1. The highest BCUT2D eigenvalue weighted by molar-refractivity contribution is 9.10. The second kappa shape index (κ2) is 7.70. The van der Waals surface area contributed by atoms with Crippen molar-refractivity contribution in [3.8, 4) is 0 Å². The van der Waals surface area contributed by atoms with Gasteiger partial charge in [-0.25, -0.2) is 0 Å². The van der Waals surface area contributed by atoms with Gasteiger partial charge in [0.2, 0.25) is 0 Å². The van der Waals surface area contributed by atoms with Crippen molar-refractivity contribution in [2.24, 2.45) is 0 Å². The first-order chi connectivity index (χ1) is 10.6. The van der Waals surface area contributed by atoms with Crippen molar-refractivity contribution in [1.82, 2.24) is 10.3 Å². The Bertz CT molecular complexity index is 661. The minimum atomic E-state index is -0.458. The van der Waals surface area contributed by atoms with E-state index in [0.29, 0.717) is 10.0 Å². The topological polar surface area (TPSA) is 68.3 Å². The Kier molecular flexibility index (Phi) is 5.66. The predicted octanol–water partition coefficient (Wildman–Crippen LogP) is 2.88. The molecule has 114 valence electrons. The molecule has 1 aromatic heterocycles. The van der Waals surface area contributed by atoms with Crippen LogP contribution in [0.1, 0.15) is 28.4 Å². The molecule has 1 aromatic carbocycles. The standard InChI is InChI=1S/C16H15BrN2O3/c1-22-15(20)8-14(11-5-3-2-4-6-11)19-16(21)12-7-13(17)10-18-9-12/h2-7,9-10,14H,8H2,1H3,(H,19,21). The summed E-state index contributed by atoms with van der Waals surface area (Å²) in [6, 6.07) is 10.5. The van der Waals surface area contributed by atoms with Crippen LogP contribution in [0, 0.1) is 0 Å². The fraction of sp³-hybridized carbons (Fsp3) is 0.188. The minimum absolute atomic E-state index is 0.0632. The number of nitrogens with zero attached hydrogens (tertiary/aromatic N) is 1. The van der Waals surface area contributed by atoms with E-state index in [-0.39, 0.29) is 18.3 Å². The van der Waals surface area contributed by atoms with Crippen molar-refractivity contribution >= 4 is 27.8 Å². The molecule has 0 radical (unpaired) electrons. The van der Waals surface area contributed by atoms with E-state index < -0.39 is 6.04 Å². The number of amides is 1. The van der Waals surface area contributed by atoms with Crippen molar-refractivity contribution in [2.45, 2.75) is 12.5 Å². The zero-order valence-electron chi connectivity index (χ0n) is 12.0. The molecule has 2 rings (SSSR count). The molecular weight excluding hydrogens is 348 g/mol. The molecule has 0 saturated heterocycles. The van der Waals surface area contributed by atoms with E-state index >= 15 is 0 Å². The zero-order chi connectivity index (χ0) is 15.9. The molecule has 0 aliphatic rings. The summed E-state index contributed by atoms with van der Waals surface area (Å²) >= 11 is 3.28. The van der Waals surface area contributed by atoms with E-state index in [0.717, 1.165) is 5.56 Å². The van der Waals surface area contributed by atoms with E-state index in [1.165, 1.54) is 13.3 Å². The lowest BCUT2D eigenvalue weighted by molar-refractivity contribution is -0.141. The first kappa shape index (κ1) is 16.2. The van der Waals surface area contributed by atoms with Gasteiger partial charge < -0.3 is 10.1 Å². The van der Waals surface area contributed by atoms with Gasteiger partial charge in [0.05, 0.1) is 25.1 Å². The Hall–Kier alpha value is -2.21. The molecule has 0 aliphatic heterocycles. The van der Waals surface area contributed by atoms with E-state index in [1.54, 1.807) is 12.3 Å². The molecule has 22 heavy (non-hydrogen) atoms. The van der Waals surface area contributed by atoms with Gasteiger partial charge in [-0.05, 0) is 27.6 Å². The van der Waals surface area contributed by atoms with Crippen LogP contribution in [0.4, 0.5) is 0 Å². The van der Waals surface area contributed by atoms with Crippen molar-refractivity contribution in [3.63, 3.8) is 0 Å². The molecule has 5 nitrogen and oxygen atoms in total. The van der Waals surface area contributed by atoms with Crippen LogP contribution >= 0.6 is 15.9 Å². The van der Waals surface area contributed by atoms with Crippen LogP contribution < -0.4 is 5.32 Å². The number of halogens is 1. The average Bonchev–Trinajstić information content (AvgIpc) is 2.54. The van der Waals surface area contributed by atoms with Gasteiger partial charge in [0, 0.05) is 16.9 Å². The number of hydrogen-bond acceptors (Lipinski definition) is 4. The maximum Gasteiger partial charge on any atom is 0.307 e. The lowest BCUT2D eigenvalue weighted by Gasteiger charge is -2.18. The van der Waals surface area contributed by atoms with E-state index in [9.17, 15) is 9.59 Å².